The van der Waals surface area contributed by atoms with Crippen molar-refractivity contribution in [1.82, 2.24) is 14.9 Å². The average molecular weight is 434 g/mol. The van der Waals surface area contributed by atoms with Crippen molar-refractivity contribution in [3.8, 4) is 0 Å². The highest BCUT2D eigenvalue weighted by molar-refractivity contribution is 5.97. The number of rotatable bonds is 4. The Morgan fingerprint density at radius 2 is 1.84 bits per heavy atom. The van der Waals surface area contributed by atoms with Crippen LogP contribution in [0.25, 0.3) is 10.9 Å². The largest absolute Gasteiger partial charge is 0.349 e. The SMILES string of the molecule is CC[C@@H](NC(=O)c1ccc2c(=O)n3c(nc2c1)CCCCC3)C12CC3CC(CC(C3)C1)C2. The maximum absolute atomic E-state index is 13.4. The number of aromatic nitrogens is 2. The normalized spacial score (nSPS) is 31.8. The summed E-state index contributed by atoms with van der Waals surface area (Å²) in [7, 11) is 0. The van der Waals surface area contributed by atoms with Crippen molar-refractivity contribution >= 4 is 16.8 Å². The third kappa shape index (κ3) is 3.31. The van der Waals surface area contributed by atoms with Crippen LogP contribution in [0.3, 0.4) is 0 Å². The van der Waals surface area contributed by atoms with E-state index in [0.717, 1.165) is 62.2 Å². The van der Waals surface area contributed by atoms with Gasteiger partial charge in [0.15, 0.2) is 0 Å². The molecule has 4 aliphatic carbocycles. The van der Waals surface area contributed by atoms with E-state index < -0.39 is 0 Å². The molecule has 5 heteroatoms. The number of hydrogen-bond acceptors (Lipinski definition) is 3. The van der Waals surface area contributed by atoms with Gasteiger partial charge >= 0.3 is 0 Å². The summed E-state index contributed by atoms with van der Waals surface area (Å²) in [4.78, 5) is 31.2. The summed E-state index contributed by atoms with van der Waals surface area (Å²) >= 11 is 0. The quantitative estimate of drug-likeness (QED) is 0.750. The number of hydrogen-bond donors (Lipinski definition) is 1. The molecule has 4 fully saturated rings. The van der Waals surface area contributed by atoms with E-state index in [1.165, 1.54) is 38.5 Å². The maximum Gasteiger partial charge on any atom is 0.261 e. The van der Waals surface area contributed by atoms with Gasteiger partial charge in [0.05, 0.1) is 10.9 Å². The molecule has 1 N–H and O–H groups in total. The Bertz CT molecular complexity index is 1080. The third-order valence-electron chi connectivity index (χ3n) is 9.12. The Balaban J connectivity index is 1.28. The number of amides is 1. The topological polar surface area (TPSA) is 64.0 Å². The van der Waals surface area contributed by atoms with Crippen LogP contribution in [-0.2, 0) is 13.0 Å². The molecular weight excluding hydrogens is 398 g/mol. The molecule has 4 bridgehead atoms. The number of nitrogens with one attached hydrogen (secondary N) is 1. The molecule has 1 aliphatic heterocycles. The molecule has 4 saturated carbocycles. The second-order valence-electron chi connectivity index (χ2n) is 11.2. The number of fused-ring (bicyclic) bond motifs is 2. The second kappa shape index (κ2) is 7.71. The van der Waals surface area contributed by atoms with Crippen LogP contribution >= 0.6 is 0 Å². The minimum atomic E-state index is -0.00802. The molecule has 0 unspecified atom stereocenters. The molecule has 0 spiro atoms. The molecule has 1 aromatic heterocycles. The Morgan fingerprint density at radius 3 is 2.53 bits per heavy atom. The molecule has 170 valence electrons. The van der Waals surface area contributed by atoms with Crippen LogP contribution in [0.1, 0.15) is 87.3 Å². The Labute approximate surface area is 190 Å². The van der Waals surface area contributed by atoms with Crippen LogP contribution in [0.5, 0.6) is 0 Å². The summed E-state index contributed by atoms with van der Waals surface area (Å²) in [5.41, 5.74) is 1.63. The van der Waals surface area contributed by atoms with Crippen molar-refractivity contribution < 1.29 is 4.79 Å². The highest BCUT2D eigenvalue weighted by atomic mass is 16.1. The molecule has 7 rings (SSSR count). The van der Waals surface area contributed by atoms with Crippen LogP contribution in [0.4, 0.5) is 0 Å². The summed E-state index contributed by atoms with van der Waals surface area (Å²) in [5.74, 6) is 3.49. The maximum atomic E-state index is 13.4. The van der Waals surface area contributed by atoms with Gasteiger partial charge in [0, 0.05) is 24.6 Å². The number of carbonyl (C=O) groups excluding carboxylic acids is 1. The van der Waals surface area contributed by atoms with Crippen molar-refractivity contribution in [3.05, 3.63) is 39.9 Å². The smallest absolute Gasteiger partial charge is 0.261 e. The Hall–Kier alpha value is -2.17. The zero-order valence-electron chi connectivity index (χ0n) is 19.2. The lowest BCUT2D eigenvalue weighted by molar-refractivity contribution is -0.0727. The standard InChI is InChI=1S/C27H35N3O2/c1-2-23(27-14-17-10-18(15-27)12-19(11-17)16-27)29-25(31)20-7-8-21-22(13-20)28-24-6-4-3-5-9-30(24)26(21)32/h7-8,13,17-19,23H,2-6,9-12,14-16H2,1H3,(H,29,31)/t17?,18?,19?,23-,27?/m1/s1. The van der Waals surface area contributed by atoms with Crippen molar-refractivity contribution in [2.45, 2.75) is 90.1 Å². The molecule has 1 aromatic carbocycles. The molecule has 32 heavy (non-hydrogen) atoms. The van der Waals surface area contributed by atoms with Crippen LogP contribution in [0, 0.1) is 23.2 Å². The summed E-state index contributed by atoms with van der Waals surface area (Å²) in [6.07, 6.45) is 13.2. The van der Waals surface area contributed by atoms with E-state index in [2.05, 4.69) is 12.2 Å². The van der Waals surface area contributed by atoms with E-state index >= 15 is 0 Å². The van der Waals surface area contributed by atoms with E-state index in [-0.39, 0.29) is 17.5 Å². The molecule has 5 aliphatic rings. The first-order valence-electron chi connectivity index (χ1n) is 12.9. The van der Waals surface area contributed by atoms with Crippen molar-refractivity contribution in [1.29, 1.82) is 0 Å². The van der Waals surface area contributed by atoms with Crippen molar-refractivity contribution in [2.75, 3.05) is 0 Å². The zero-order valence-corrected chi connectivity index (χ0v) is 19.2. The second-order valence-corrected chi connectivity index (χ2v) is 11.2. The van der Waals surface area contributed by atoms with Crippen molar-refractivity contribution in [3.63, 3.8) is 0 Å². The summed E-state index contributed by atoms with van der Waals surface area (Å²) < 4.78 is 1.84. The van der Waals surface area contributed by atoms with E-state index in [1.54, 1.807) is 0 Å². The van der Waals surface area contributed by atoms with Crippen molar-refractivity contribution in [2.24, 2.45) is 23.2 Å². The fourth-order valence-electron chi connectivity index (χ4n) is 8.09. The third-order valence-corrected chi connectivity index (χ3v) is 9.12. The van der Waals surface area contributed by atoms with Gasteiger partial charge < -0.3 is 5.32 Å². The fourth-order valence-corrected chi connectivity index (χ4v) is 8.09. The first-order chi connectivity index (χ1) is 15.5. The molecule has 2 heterocycles. The van der Waals surface area contributed by atoms with Gasteiger partial charge in [0.1, 0.15) is 5.82 Å². The summed E-state index contributed by atoms with van der Waals surface area (Å²) in [6, 6.07) is 5.70. The number of carbonyl (C=O) groups is 1. The highest BCUT2D eigenvalue weighted by Crippen LogP contribution is 2.61. The number of aryl methyl sites for hydroxylation is 1. The number of benzene rings is 1. The van der Waals surface area contributed by atoms with Crippen LogP contribution in [0.2, 0.25) is 0 Å². The first-order valence-corrected chi connectivity index (χ1v) is 12.9. The summed E-state index contributed by atoms with van der Waals surface area (Å²) in [5, 5.41) is 4.07. The summed E-state index contributed by atoms with van der Waals surface area (Å²) in [6.45, 7) is 2.98. The molecule has 1 atom stereocenters. The lowest BCUT2D eigenvalue weighted by Crippen LogP contribution is -2.56. The molecule has 0 radical (unpaired) electrons. The van der Waals surface area contributed by atoms with Gasteiger partial charge in [-0.1, -0.05) is 13.3 Å². The zero-order chi connectivity index (χ0) is 21.9. The Morgan fingerprint density at radius 1 is 1.12 bits per heavy atom. The van der Waals surface area contributed by atoms with Gasteiger partial charge in [-0.05, 0) is 99.2 Å². The fraction of sp³-hybridized carbons (Fsp3) is 0.667. The minimum Gasteiger partial charge on any atom is -0.349 e. The van der Waals surface area contributed by atoms with Gasteiger partial charge in [-0.25, -0.2) is 4.98 Å². The van der Waals surface area contributed by atoms with E-state index in [4.69, 9.17) is 4.98 Å². The monoisotopic (exact) mass is 433 g/mol. The van der Waals surface area contributed by atoms with Gasteiger partial charge in [-0.3, -0.25) is 14.2 Å². The molecule has 1 amide bonds. The van der Waals surface area contributed by atoms with E-state index in [0.29, 0.717) is 21.9 Å². The highest BCUT2D eigenvalue weighted by Gasteiger charge is 2.54. The lowest BCUT2D eigenvalue weighted by atomic mass is 9.47. The van der Waals surface area contributed by atoms with Gasteiger partial charge in [-0.2, -0.15) is 0 Å². The molecular formula is C27H35N3O2. The predicted molar refractivity (Wildman–Crippen MR) is 126 cm³/mol. The predicted octanol–water partition coefficient (Wildman–Crippen LogP) is 4.85. The van der Waals surface area contributed by atoms with Crippen LogP contribution in [-0.4, -0.2) is 21.5 Å². The lowest BCUT2D eigenvalue weighted by Gasteiger charge is -2.59. The van der Waals surface area contributed by atoms with Crippen LogP contribution < -0.4 is 10.9 Å². The molecule has 0 saturated heterocycles. The number of nitrogens with zero attached hydrogens (tertiary/aromatic N) is 2. The molecule has 2 aromatic rings. The van der Waals surface area contributed by atoms with Gasteiger partial charge in [0.2, 0.25) is 0 Å². The van der Waals surface area contributed by atoms with Gasteiger partial charge in [0.25, 0.3) is 11.5 Å². The van der Waals surface area contributed by atoms with Crippen LogP contribution in [0.15, 0.2) is 23.0 Å². The van der Waals surface area contributed by atoms with Gasteiger partial charge in [-0.15, -0.1) is 0 Å². The van der Waals surface area contributed by atoms with E-state index in [1.807, 2.05) is 22.8 Å². The average Bonchev–Trinajstić information content (AvgIpc) is 3.02. The Kier molecular flexibility index (Phi) is 4.92. The minimum absolute atomic E-state index is 0.00802. The first kappa shape index (κ1) is 20.4. The van der Waals surface area contributed by atoms with E-state index in [9.17, 15) is 9.59 Å². The molecule has 5 nitrogen and oxygen atoms in total.